The fourth-order valence-corrected chi connectivity index (χ4v) is 3.51. The van der Waals surface area contributed by atoms with Gasteiger partial charge in [0.2, 0.25) is 11.1 Å². The van der Waals surface area contributed by atoms with Crippen molar-refractivity contribution in [2.24, 2.45) is 0 Å². The first-order valence-electron chi connectivity index (χ1n) is 9.16. The SMILES string of the molecule is CCCC(=O)Nc1ccc(C(=O)C(C)Sc2nnnn2-c2ccc(O)cc2)cc1. The molecule has 0 aliphatic heterocycles. The Morgan fingerprint density at radius 3 is 2.48 bits per heavy atom. The van der Waals surface area contributed by atoms with Gasteiger partial charge in [-0.2, -0.15) is 4.68 Å². The summed E-state index contributed by atoms with van der Waals surface area (Å²) in [5.41, 5.74) is 1.89. The van der Waals surface area contributed by atoms with Crippen LogP contribution < -0.4 is 5.32 Å². The molecule has 1 atom stereocenters. The molecule has 1 aromatic heterocycles. The van der Waals surface area contributed by atoms with E-state index in [1.165, 1.54) is 16.4 Å². The van der Waals surface area contributed by atoms with E-state index < -0.39 is 5.25 Å². The van der Waals surface area contributed by atoms with Gasteiger partial charge < -0.3 is 10.4 Å². The highest BCUT2D eigenvalue weighted by molar-refractivity contribution is 8.00. The van der Waals surface area contributed by atoms with E-state index in [0.717, 1.165) is 6.42 Å². The molecule has 0 aliphatic rings. The van der Waals surface area contributed by atoms with Crippen molar-refractivity contribution in [3.63, 3.8) is 0 Å². The number of aromatic nitrogens is 4. The van der Waals surface area contributed by atoms with Crippen LogP contribution in [0.5, 0.6) is 5.75 Å². The number of amides is 1. The Morgan fingerprint density at radius 1 is 1.14 bits per heavy atom. The fraction of sp³-hybridized carbons (Fsp3) is 0.250. The number of aromatic hydroxyl groups is 1. The standard InChI is InChI=1S/C20H21N5O3S/c1-3-4-18(27)21-15-7-5-14(6-8-15)19(28)13(2)29-20-22-23-24-25(20)16-9-11-17(26)12-10-16/h5-13,26H,3-4H2,1-2H3,(H,21,27). The number of hydrogen-bond donors (Lipinski definition) is 2. The number of rotatable bonds is 8. The van der Waals surface area contributed by atoms with Gasteiger partial charge in [0.15, 0.2) is 5.78 Å². The summed E-state index contributed by atoms with van der Waals surface area (Å²) < 4.78 is 1.51. The van der Waals surface area contributed by atoms with E-state index in [-0.39, 0.29) is 17.4 Å². The highest BCUT2D eigenvalue weighted by Crippen LogP contribution is 2.26. The Kier molecular flexibility index (Phi) is 6.61. The molecule has 8 nitrogen and oxygen atoms in total. The molecule has 0 fully saturated rings. The van der Waals surface area contributed by atoms with E-state index in [9.17, 15) is 14.7 Å². The summed E-state index contributed by atoms with van der Waals surface area (Å²) in [5.74, 6) is 0.0344. The maximum absolute atomic E-state index is 12.8. The van der Waals surface area contributed by atoms with Gasteiger partial charge in [-0.15, -0.1) is 5.10 Å². The van der Waals surface area contributed by atoms with Gasteiger partial charge in [0.05, 0.1) is 10.9 Å². The van der Waals surface area contributed by atoms with Crippen LogP contribution in [0.1, 0.15) is 37.0 Å². The van der Waals surface area contributed by atoms with Crippen LogP contribution in [0.25, 0.3) is 5.69 Å². The van der Waals surface area contributed by atoms with E-state index in [2.05, 4.69) is 20.8 Å². The number of tetrazole rings is 1. The van der Waals surface area contributed by atoms with Crippen LogP contribution >= 0.6 is 11.8 Å². The van der Waals surface area contributed by atoms with Gasteiger partial charge in [0.1, 0.15) is 5.75 Å². The normalized spacial score (nSPS) is 11.8. The molecule has 3 aromatic rings. The van der Waals surface area contributed by atoms with Crippen molar-refractivity contribution in [1.82, 2.24) is 20.2 Å². The van der Waals surface area contributed by atoms with Crippen LogP contribution in [-0.2, 0) is 4.79 Å². The Hall–Kier alpha value is -3.20. The molecule has 1 amide bonds. The molecule has 9 heteroatoms. The molecule has 0 saturated carbocycles. The summed E-state index contributed by atoms with van der Waals surface area (Å²) in [5, 5.41) is 23.9. The van der Waals surface area contributed by atoms with Crippen LogP contribution in [0.4, 0.5) is 5.69 Å². The molecule has 0 aliphatic carbocycles. The summed E-state index contributed by atoms with van der Waals surface area (Å²) in [6.45, 7) is 3.73. The molecule has 1 heterocycles. The van der Waals surface area contributed by atoms with Crippen molar-refractivity contribution in [2.75, 3.05) is 5.32 Å². The molecular formula is C20H21N5O3S. The van der Waals surface area contributed by atoms with Crippen molar-refractivity contribution in [2.45, 2.75) is 37.1 Å². The van der Waals surface area contributed by atoms with E-state index in [4.69, 9.17) is 0 Å². The monoisotopic (exact) mass is 411 g/mol. The summed E-state index contributed by atoms with van der Waals surface area (Å²) in [6, 6.07) is 13.3. The minimum absolute atomic E-state index is 0.0448. The zero-order valence-electron chi connectivity index (χ0n) is 16.1. The molecule has 0 bridgehead atoms. The average Bonchev–Trinajstić information content (AvgIpc) is 3.17. The topological polar surface area (TPSA) is 110 Å². The van der Waals surface area contributed by atoms with Gasteiger partial charge in [-0.25, -0.2) is 0 Å². The van der Waals surface area contributed by atoms with Crippen molar-refractivity contribution in [1.29, 1.82) is 0 Å². The maximum atomic E-state index is 12.8. The number of phenols is 1. The second kappa shape index (κ2) is 9.33. The molecule has 1 unspecified atom stereocenters. The largest absolute Gasteiger partial charge is 0.508 e. The molecule has 2 N–H and O–H groups in total. The van der Waals surface area contributed by atoms with Crippen LogP contribution in [-0.4, -0.2) is 42.3 Å². The number of nitrogens with zero attached hydrogens (tertiary/aromatic N) is 4. The Balaban J connectivity index is 1.68. The number of nitrogens with one attached hydrogen (secondary N) is 1. The lowest BCUT2D eigenvalue weighted by atomic mass is 10.1. The lowest BCUT2D eigenvalue weighted by Gasteiger charge is -2.11. The number of carbonyl (C=O) groups excluding carboxylic acids is 2. The number of thioether (sulfide) groups is 1. The van der Waals surface area contributed by atoms with Crippen LogP contribution in [0.15, 0.2) is 53.7 Å². The van der Waals surface area contributed by atoms with Gasteiger partial charge in [-0.3, -0.25) is 9.59 Å². The first kappa shape index (κ1) is 20.5. The maximum Gasteiger partial charge on any atom is 0.224 e. The minimum atomic E-state index is -0.419. The highest BCUT2D eigenvalue weighted by atomic mass is 32.2. The van der Waals surface area contributed by atoms with Gasteiger partial charge in [0, 0.05) is 17.7 Å². The molecular weight excluding hydrogens is 390 g/mol. The predicted octanol–water partition coefficient (Wildman–Crippen LogP) is 3.47. The number of anilines is 1. The van der Waals surface area contributed by atoms with Crippen molar-refractivity contribution in [3.05, 3.63) is 54.1 Å². The zero-order valence-corrected chi connectivity index (χ0v) is 16.9. The summed E-state index contributed by atoms with van der Waals surface area (Å²) in [7, 11) is 0. The fourth-order valence-electron chi connectivity index (χ4n) is 2.62. The third kappa shape index (κ3) is 5.20. The summed E-state index contributed by atoms with van der Waals surface area (Å²) >= 11 is 1.25. The number of ketones is 1. The van der Waals surface area contributed by atoms with E-state index in [1.54, 1.807) is 55.5 Å². The molecule has 2 aromatic carbocycles. The predicted molar refractivity (Wildman–Crippen MR) is 110 cm³/mol. The Bertz CT molecular complexity index is 986. The molecule has 0 saturated heterocycles. The van der Waals surface area contributed by atoms with Gasteiger partial charge in [-0.05, 0) is 72.3 Å². The second-order valence-electron chi connectivity index (χ2n) is 6.39. The lowest BCUT2D eigenvalue weighted by Crippen LogP contribution is -2.15. The van der Waals surface area contributed by atoms with Crippen molar-refractivity contribution >= 4 is 29.1 Å². The van der Waals surface area contributed by atoms with Crippen molar-refractivity contribution in [3.8, 4) is 11.4 Å². The molecule has 0 spiro atoms. The number of hydrogen-bond acceptors (Lipinski definition) is 7. The number of carbonyl (C=O) groups is 2. The first-order valence-corrected chi connectivity index (χ1v) is 10.0. The van der Waals surface area contributed by atoms with Gasteiger partial charge in [0.25, 0.3) is 0 Å². The minimum Gasteiger partial charge on any atom is -0.508 e. The number of Topliss-reactive ketones (excluding diaryl/α,β-unsaturated/α-hetero) is 1. The van der Waals surface area contributed by atoms with E-state index >= 15 is 0 Å². The lowest BCUT2D eigenvalue weighted by molar-refractivity contribution is -0.116. The third-order valence-electron chi connectivity index (χ3n) is 4.12. The molecule has 150 valence electrons. The average molecular weight is 411 g/mol. The summed E-state index contributed by atoms with van der Waals surface area (Å²) in [4.78, 5) is 24.4. The first-order chi connectivity index (χ1) is 14.0. The second-order valence-corrected chi connectivity index (χ2v) is 7.70. The Labute approximate surface area is 172 Å². The number of phenolic OH excluding ortho intramolecular Hbond substituents is 1. The summed E-state index contributed by atoms with van der Waals surface area (Å²) in [6.07, 6.45) is 1.24. The molecule has 0 radical (unpaired) electrons. The third-order valence-corrected chi connectivity index (χ3v) is 5.15. The van der Waals surface area contributed by atoms with Gasteiger partial charge in [-0.1, -0.05) is 18.7 Å². The van der Waals surface area contributed by atoms with E-state index in [0.29, 0.717) is 28.5 Å². The van der Waals surface area contributed by atoms with E-state index in [1.807, 2.05) is 6.92 Å². The molecule has 3 rings (SSSR count). The zero-order chi connectivity index (χ0) is 20.8. The highest BCUT2D eigenvalue weighted by Gasteiger charge is 2.20. The smallest absolute Gasteiger partial charge is 0.224 e. The number of benzene rings is 2. The quantitative estimate of drug-likeness (QED) is 0.431. The van der Waals surface area contributed by atoms with Crippen molar-refractivity contribution < 1.29 is 14.7 Å². The van der Waals surface area contributed by atoms with Crippen LogP contribution in [0.3, 0.4) is 0 Å². The van der Waals surface area contributed by atoms with Crippen LogP contribution in [0.2, 0.25) is 0 Å². The Morgan fingerprint density at radius 2 is 1.83 bits per heavy atom. The van der Waals surface area contributed by atoms with Gasteiger partial charge >= 0.3 is 0 Å². The van der Waals surface area contributed by atoms with Crippen LogP contribution in [0, 0.1) is 0 Å². The molecule has 29 heavy (non-hydrogen) atoms.